The lowest BCUT2D eigenvalue weighted by molar-refractivity contribution is 0.0599. The predicted octanol–water partition coefficient (Wildman–Crippen LogP) is 5.14. The molecule has 0 aliphatic heterocycles. The molecule has 0 unspecified atom stereocenters. The van der Waals surface area contributed by atoms with Crippen LogP contribution in [0.4, 0.5) is 0 Å². The number of rotatable bonds is 8. The highest BCUT2D eigenvalue weighted by atomic mass is 79.9. The van der Waals surface area contributed by atoms with E-state index >= 15 is 0 Å². The molecule has 0 spiro atoms. The Hall–Kier alpha value is -0.830. The summed E-state index contributed by atoms with van der Waals surface area (Å²) >= 11 is 3.43. The van der Waals surface area contributed by atoms with E-state index in [9.17, 15) is 4.79 Å². The molecule has 0 aliphatic carbocycles. The molecule has 0 bridgehead atoms. The molecule has 0 amide bonds. The van der Waals surface area contributed by atoms with Crippen LogP contribution in [0.15, 0.2) is 22.7 Å². The molecule has 0 atom stereocenters. The van der Waals surface area contributed by atoms with Gasteiger partial charge in [-0.05, 0) is 46.5 Å². The second kappa shape index (κ2) is 9.13. The Kier molecular flexibility index (Phi) is 7.80. The number of ether oxygens (including phenoxy) is 1. The minimum atomic E-state index is -0.294. The summed E-state index contributed by atoms with van der Waals surface area (Å²) in [4.78, 5) is 11.5. The Balaban J connectivity index is 2.39. The standard InChI is InChI=1S/C16H23BrO2/c1-3-4-5-6-7-8-9-13-10-11-14(15(17)12-13)16(18)19-2/h10-12H,3-9H2,1-2H3. The number of methoxy groups -OCH3 is 1. The number of unbranched alkanes of at least 4 members (excludes halogenated alkanes) is 5. The van der Waals surface area contributed by atoms with Crippen LogP contribution in [-0.4, -0.2) is 13.1 Å². The van der Waals surface area contributed by atoms with E-state index in [4.69, 9.17) is 4.74 Å². The van der Waals surface area contributed by atoms with Gasteiger partial charge in [-0.2, -0.15) is 0 Å². The maximum Gasteiger partial charge on any atom is 0.338 e. The van der Waals surface area contributed by atoms with Crippen LogP contribution in [0, 0.1) is 0 Å². The van der Waals surface area contributed by atoms with Crippen molar-refractivity contribution in [3.05, 3.63) is 33.8 Å². The SMILES string of the molecule is CCCCCCCCc1ccc(C(=O)OC)c(Br)c1. The second-order valence-electron chi connectivity index (χ2n) is 4.82. The molecule has 0 aliphatic rings. The van der Waals surface area contributed by atoms with Gasteiger partial charge in [-0.25, -0.2) is 4.79 Å². The van der Waals surface area contributed by atoms with Crippen molar-refractivity contribution in [2.45, 2.75) is 51.9 Å². The topological polar surface area (TPSA) is 26.3 Å². The van der Waals surface area contributed by atoms with Crippen LogP contribution >= 0.6 is 15.9 Å². The number of carbonyl (C=O) groups excluding carboxylic acids is 1. The first-order valence-corrected chi connectivity index (χ1v) is 7.85. The molecule has 0 radical (unpaired) electrons. The molecule has 1 aromatic rings. The number of hydrogen-bond acceptors (Lipinski definition) is 2. The quantitative estimate of drug-likeness (QED) is 0.488. The zero-order valence-electron chi connectivity index (χ0n) is 11.9. The molecule has 0 aromatic heterocycles. The molecule has 1 rings (SSSR count). The third-order valence-corrected chi connectivity index (χ3v) is 3.91. The van der Waals surface area contributed by atoms with Crippen molar-refractivity contribution in [3.63, 3.8) is 0 Å². The van der Waals surface area contributed by atoms with Gasteiger partial charge in [-0.3, -0.25) is 0 Å². The van der Waals surface area contributed by atoms with Crippen LogP contribution in [0.3, 0.4) is 0 Å². The molecule has 19 heavy (non-hydrogen) atoms. The van der Waals surface area contributed by atoms with Crippen LogP contribution in [-0.2, 0) is 11.2 Å². The van der Waals surface area contributed by atoms with Gasteiger partial charge in [0.15, 0.2) is 0 Å². The van der Waals surface area contributed by atoms with E-state index in [0.717, 1.165) is 10.9 Å². The highest BCUT2D eigenvalue weighted by Gasteiger charge is 2.10. The van der Waals surface area contributed by atoms with Crippen molar-refractivity contribution in [2.75, 3.05) is 7.11 Å². The molecule has 3 heteroatoms. The molecule has 1 aromatic carbocycles. The summed E-state index contributed by atoms with van der Waals surface area (Å²) in [5.41, 5.74) is 1.87. The van der Waals surface area contributed by atoms with Crippen LogP contribution in [0.5, 0.6) is 0 Å². The molecular formula is C16H23BrO2. The Labute approximate surface area is 124 Å². The minimum absolute atomic E-state index is 0.294. The Morgan fingerprint density at radius 2 is 1.84 bits per heavy atom. The molecule has 2 nitrogen and oxygen atoms in total. The average molecular weight is 327 g/mol. The zero-order valence-corrected chi connectivity index (χ0v) is 13.5. The first kappa shape index (κ1) is 16.2. The van der Waals surface area contributed by atoms with Gasteiger partial charge >= 0.3 is 5.97 Å². The van der Waals surface area contributed by atoms with Crippen LogP contribution in [0.2, 0.25) is 0 Å². The Morgan fingerprint density at radius 3 is 2.47 bits per heavy atom. The average Bonchev–Trinajstić information content (AvgIpc) is 2.42. The maximum atomic E-state index is 11.5. The predicted molar refractivity (Wildman–Crippen MR) is 82.6 cm³/mol. The summed E-state index contributed by atoms with van der Waals surface area (Å²) in [5.74, 6) is -0.294. The number of hydrogen-bond donors (Lipinski definition) is 0. The van der Waals surface area contributed by atoms with Crippen LogP contribution in [0.1, 0.15) is 61.4 Å². The summed E-state index contributed by atoms with van der Waals surface area (Å²) in [7, 11) is 1.40. The number of carbonyl (C=O) groups is 1. The van der Waals surface area contributed by atoms with Crippen molar-refractivity contribution < 1.29 is 9.53 Å². The number of benzene rings is 1. The van der Waals surface area contributed by atoms with Gasteiger partial charge in [0.1, 0.15) is 0 Å². The van der Waals surface area contributed by atoms with Crippen molar-refractivity contribution in [3.8, 4) is 0 Å². The monoisotopic (exact) mass is 326 g/mol. The normalized spacial score (nSPS) is 10.5. The van der Waals surface area contributed by atoms with Crippen LogP contribution < -0.4 is 0 Å². The molecule has 106 valence electrons. The number of aryl methyl sites for hydroxylation is 1. The van der Waals surface area contributed by atoms with Crippen LogP contribution in [0.25, 0.3) is 0 Å². The Bertz CT molecular complexity index is 402. The van der Waals surface area contributed by atoms with Gasteiger partial charge in [0.05, 0.1) is 12.7 Å². The maximum absolute atomic E-state index is 11.5. The summed E-state index contributed by atoms with van der Waals surface area (Å²) in [6.45, 7) is 2.24. The lowest BCUT2D eigenvalue weighted by Gasteiger charge is -2.06. The summed E-state index contributed by atoms with van der Waals surface area (Å²) in [6, 6.07) is 5.88. The van der Waals surface area contributed by atoms with Gasteiger partial charge < -0.3 is 4.74 Å². The van der Waals surface area contributed by atoms with E-state index in [0.29, 0.717) is 5.56 Å². The fraction of sp³-hybridized carbons (Fsp3) is 0.562. The van der Waals surface area contributed by atoms with Gasteiger partial charge in [0, 0.05) is 4.47 Å². The van der Waals surface area contributed by atoms with Gasteiger partial charge in [-0.1, -0.05) is 45.1 Å². The second-order valence-corrected chi connectivity index (χ2v) is 5.68. The first-order valence-electron chi connectivity index (χ1n) is 7.05. The smallest absolute Gasteiger partial charge is 0.338 e. The lowest BCUT2D eigenvalue weighted by atomic mass is 10.0. The van der Waals surface area contributed by atoms with E-state index in [1.54, 1.807) is 0 Å². The lowest BCUT2D eigenvalue weighted by Crippen LogP contribution is -2.02. The molecule has 0 saturated carbocycles. The zero-order chi connectivity index (χ0) is 14.1. The summed E-state index contributed by atoms with van der Waals surface area (Å²) in [5, 5.41) is 0. The van der Waals surface area contributed by atoms with E-state index in [2.05, 4.69) is 22.9 Å². The number of halogens is 1. The molecule has 0 fully saturated rings. The van der Waals surface area contributed by atoms with E-state index < -0.39 is 0 Å². The van der Waals surface area contributed by atoms with Gasteiger partial charge in [0.25, 0.3) is 0 Å². The van der Waals surface area contributed by atoms with Crippen molar-refractivity contribution in [1.29, 1.82) is 0 Å². The van der Waals surface area contributed by atoms with Crippen molar-refractivity contribution in [2.24, 2.45) is 0 Å². The van der Waals surface area contributed by atoms with Crippen molar-refractivity contribution in [1.82, 2.24) is 0 Å². The third-order valence-electron chi connectivity index (χ3n) is 3.26. The van der Waals surface area contributed by atoms with Gasteiger partial charge in [-0.15, -0.1) is 0 Å². The van der Waals surface area contributed by atoms with Gasteiger partial charge in [0.2, 0.25) is 0 Å². The minimum Gasteiger partial charge on any atom is -0.465 e. The van der Waals surface area contributed by atoms with E-state index in [1.807, 2.05) is 18.2 Å². The molecular weight excluding hydrogens is 304 g/mol. The van der Waals surface area contributed by atoms with E-state index in [-0.39, 0.29) is 5.97 Å². The highest BCUT2D eigenvalue weighted by Crippen LogP contribution is 2.21. The molecule has 0 N–H and O–H groups in total. The van der Waals surface area contributed by atoms with E-state index in [1.165, 1.54) is 51.2 Å². The van der Waals surface area contributed by atoms with Crippen molar-refractivity contribution >= 4 is 21.9 Å². The summed E-state index contributed by atoms with van der Waals surface area (Å²) in [6.07, 6.45) is 8.90. The molecule has 0 saturated heterocycles. The first-order chi connectivity index (χ1) is 9.19. The fourth-order valence-electron chi connectivity index (χ4n) is 2.10. The number of esters is 1. The summed E-state index contributed by atoms with van der Waals surface area (Å²) < 4.78 is 5.55. The largest absolute Gasteiger partial charge is 0.465 e. The highest BCUT2D eigenvalue weighted by molar-refractivity contribution is 9.10. The fourth-order valence-corrected chi connectivity index (χ4v) is 2.69. The Morgan fingerprint density at radius 1 is 1.16 bits per heavy atom. The molecule has 0 heterocycles. The third kappa shape index (κ3) is 5.77.